The van der Waals surface area contributed by atoms with Crippen molar-refractivity contribution < 1.29 is 13.9 Å². The van der Waals surface area contributed by atoms with Crippen LogP contribution in [-0.4, -0.2) is 47.3 Å². The first-order valence-electron chi connectivity index (χ1n) is 9.24. The lowest BCUT2D eigenvalue weighted by molar-refractivity contribution is -0.0215. The number of hydrogen-bond donors (Lipinski definition) is 1. The van der Waals surface area contributed by atoms with E-state index in [1.54, 1.807) is 13.0 Å². The van der Waals surface area contributed by atoms with Gasteiger partial charge in [-0.25, -0.2) is 8.78 Å². The van der Waals surface area contributed by atoms with Crippen molar-refractivity contribution in [1.82, 2.24) is 9.80 Å². The number of nitrogens with zero attached hydrogens (tertiary/aromatic N) is 2. The number of rotatable bonds is 3. The Morgan fingerprint density at radius 1 is 0.923 bits per heavy atom. The Hall–Kier alpha value is -1.82. The number of benzene rings is 2. The molecule has 3 atom stereocenters. The minimum atomic E-state index is -0.422. The van der Waals surface area contributed by atoms with Gasteiger partial charge in [0.2, 0.25) is 0 Å². The third kappa shape index (κ3) is 3.27. The fourth-order valence-electron chi connectivity index (χ4n) is 4.41. The number of aliphatic hydroxyl groups is 1. The minimum Gasteiger partial charge on any atom is -0.379 e. The van der Waals surface area contributed by atoms with E-state index in [0.717, 1.165) is 43.7 Å². The van der Waals surface area contributed by atoms with E-state index in [1.807, 2.05) is 18.2 Å². The summed E-state index contributed by atoms with van der Waals surface area (Å²) in [5.74, 6) is -0.395. The molecule has 1 N–H and O–H groups in total. The van der Waals surface area contributed by atoms with E-state index in [4.69, 9.17) is 0 Å². The molecular formula is C21H24F2N2O. The van der Waals surface area contributed by atoms with Crippen molar-refractivity contribution in [3.05, 3.63) is 70.8 Å². The topological polar surface area (TPSA) is 26.7 Å². The molecule has 0 bridgehead atoms. The summed E-state index contributed by atoms with van der Waals surface area (Å²) in [5, 5.41) is 9.77. The Morgan fingerprint density at radius 3 is 2.23 bits per heavy atom. The number of aliphatic hydroxyl groups excluding tert-OH is 1. The van der Waals surface area contributed by atoms with E-state index >= 15 is 0 Å². The maximum Gasteiger partial charge on any atom is 0.123 e. The van der Waals surface area contributed by atoms with Crippen LogP contribution in [0.1, 0.15) is 42.0 Å². The lowest BCUT2D eigenvalue weighted by Gasteiger charge is -2.39. The van der Waals surface area contributed by atoms with Crippen LogP contribution in [0.15, 0.2) is 42.5 Å². The van der Waals surface area contributed by atoms with Crippen molar-refractivity contribution in [2.45, 2.75) is 31.5 Å². The molecular weight excluding hydrogens is 334 g/mol. The highest BCUT2D eigenvalue weighted by Gasteiger charge is 2.37. The van der Waals surface area contributed by atoms with E-state index in [1.165, 1.54) is 23.8 Å². The first kappa shape index (κ1) is 17.6. The Bertz CT molecular complexity index is 770. The quantitative estimate of drug-likeness (QED) is 0.910. The molecule has 0 radical (unpaired) electrons. The van der Waals surface area contributed by atoms with E-state index in [9.17, 15) is 13.9 Å². The summed E-state index contributed by atoms with van der Waals surface area (Å²) in [6.45, 7) is 5.21. The predicted octanol–water partition coefficient (Wildman–Crippen LogP) is 3.50. The average molecular weight is 358 g/mol. The van der Waals surface area contributed by atoms with Crippen molar-refractivity contribution in [3.8, 4) is 0 Å². The Morgan fingerprint density at radius 2 is 1.58 bits per heavy atom. The van der Waals surface area contributed by atoms with Crippen molar-refractivity contribution in [2.75, 3.05) is 26.2 Å². The molecule has 4 rings (SSSR count). The zero-order chi connectivity index (χ0) is 18.3. The van der Waals surface area contributed by atoms with E-state index < -0.39 is 6.23 Å². The molecule has 0 amide bonds. The van der Waals surface area contributed by atoms with Crippen LogP contribution in [0.3, 0.4) is 0 Å². The summed E-state index contributed by atoms with van der Waals surface area (Å²) in [4.78, 5) is 4.49. The van der Waals surface area contributed by atoms with Crippen LogP contribution in [0.25, 0.3) is 0 Å². The zero-order valence-corrected chi connectivity index (χ0v) is 14.9. The SMILES string of the molecule is CC(O)N1CCN([C@H]2C[C@H](c3ccc(F)cc3)c3cc(F)ccc32)CC1. The molecule has 1 aliphatic carbocycles. The average Bonchev–Trinajstić information content (AvgIpc) is 3.01. The molecule has 1 fully saturated rings. The van der Waals surface area contributed by atoms with Gasteiger partial charge in [0.25, 0.3) is 0 Å². The summed E-state index contributed by atoms with van der Waals surface area (Å²) in [6.07, 6.45) is 0.452. The molecule has 26 heavy (non-hydrogen) atoms. The molecule has 5 heteroatoms. The zero-order valence-electron chi connectivity index (χ0n) is 14.9. The van der Waals surface area contributed by atoms with Gasteiger partial charge in [0.15, 0.2) is 0 Å². The summed E-state index contributed by atoms with van der Waals surface area (Å²) in [6, 6.07) is 11.9. The van der Waals surface area contributed by atoms with Crippen LogP contribution in [0.5, 0.6) is 0 Å². The van der Waals surface area contributed by atoms with Gasteiger partial charge in [0, 0.05) is 38.1 Å². The fraction of sp³-hybridized carbons (Fsp3) is 0.429. The van der Waals surface area contributed by atoms with Gasteiger partial charge in [-0.05, 0) is 54.3 Å². The Balaban J connectivity index is 1.61. The number of halogens is 2. The lowest BCUT2D eigenvalue weighted by atomic mass is 9.93. The van der Waals surface area contributed by atoms with Gasteiger partial charge >= 0.3 is 0 Å². The van der Waals surface area contributed by atoms with Crippen molar-refractivity contribution in [1.29, 1.82) is 0 Å². The van der Waals surface area contributed by atoms with Crippen LogP contribution in [0.4, 0.5) is 8.78 Å². The monoisotopic (exact) mass is 358 g/mol. The molecule has 2 aliphatic rings. The normalized spacial score (nSPS) is 25.2. The third-order valence-corrected chi connectivity index (χ3v) is 5.83. The van der Waals surface area contributed by atoms with Gasteiger partial charge < -0.3 is 5.11 Å². The summed E-state index contributed by atoms with van der Waals surface area (Å²) in [7, 11) is 0. The summed E-state index contributed by atoms with van der Waals surface area (Å²) >= 11 is 0. The van der Waals surface area contributed by atoms with Gasteiger partial charge in [-0.15, -0.1) is 0 Å². The van der Waals surface area contributed by atoms with Crippen molar-refractivity contribution >= 4 is 0 Å². The molecule has 2 aromatic rings. The number of fused-ring (bicyclic) bond motifs is 1. The van der Waals surface area contributed by atoms with Crippen molar-refractivity contribution in [3.63, 3.8) is 0 Å². The molecule has 0 aromatic heterocycles. The maximum absolute atomic E-state index is 13.9. The van der Waals surface area contributed by atoms with E-state index in [2.05, 4.69) is 9.80 Å². The van der Waals surface area contributed by atoms with E-state index in [0.29, 0.717) is 0 Å². The molecule has 2 aromatic carbocycles. The number of piperazine rings is 1. The molecule has 1 aliphatic heterocycles. The van der Waals surface area contributed by atoms with E-state index in [-0.39, 0.29) is 23.6 Å². The molecule has 0 spiro atoms. The molecule has 3 nitrogen and oxygen atoms in total. The Kier molecular flexibility index (Phi) is 4.78. The first-order valence-corrected chi connectivity index (χ1v) is 9.24. The van der Waals surface area contributed by atoms with Gasteiger partial charge in [-0.3, -0.25) is 9.80 Å². The van der Waals surface area contributed by atoms with Crippen LogP contribution in [-0.2, 0) is 0 Å². The summed E-state index contributed by atoms with van der Waals surface area (Å²) < 4.78 is 27.2. The van der Waals surface area contributed by atoms with Gasteiger partial charge in [0.05, 0.1) is 0 Å². The van der Waals surface area contributed by atoms with Crippen LogP contribution < -0.4 is 0 Å². The van der Waals surface area contributed by atoms with Gasteiger partial charge in [-0.1, -0.05) is 18.2 Å². The second kappa shape index (κ2) is 7.06. The second-order valence-corrected chi connectivity index (χ2v) is 7.33. The summed E-state index contributed by atoms with van der Waals surface area (Å²) in [5.41, 5.74) is 3.22. The minimum absolute atomic E-state index is 0.0843. The molecule has 1 saturated heterocycles. The highest BCUT2D eigenvalue weighted by atomic mass is 19.1. The van der Waals surface area contributed by atoms with Crippen LogP contribution in [0.2, 0.25) is 0 Å². The third-order valence-electron chi connectivity index (χ3n) is 5.83. The fourth-order valence-corrected chi connectivity index (χ4v) is 4.41. The smallest absolute Gasteiger partial charge is 0.123 e. The first-order chi connectivity index (χ1) is 12.5. The van der Waals surface area contributed by atoms with Crippen molar-refractivity contribution in [2.24, 2.45) is 0 Å². The molecule has 138 valence electrons. The van der Waals surface area contributed by atoms with Crippen LogP contribution >= 0.6 is 0 Å². The highest BCUT2D eigenvalue weighted by molar-refractivity contribution is 5.45. The maximum atomic E-state index is 13.9. The predicted molar refractivity (Wildman–Crippen MR) is 96.8 cm³/mol. The number of hydrogen-bond acceptors (Lipinski definition) is 3. The highest BCUT2D eigenvalue weighted by Crippen LogP contribution is 2.47. The standard InChI is InChI=1S/C21H24F2N2O/c1-14(26)24-8-10-25(11-9-24)21-13-19(15-2-4-16(22)5-3-15)20-12-17(23)6-7-18(20)21/h2-7,12,14,19,21,26H,8-11,13H2,1H3/t14?,19-,21+/m1/s1. The molecule has 1 heterocycles. The Labute approximate surface area is 152 Å². The van der Waals surface area contributed by atoms with Gasteiger partial charge in [-0.2, -0.15) is 0 Å². The lowest BCUT2D eigenvalue weighted by Crippen LogP contribution is -2.50. The van der Waals surface area contributed by atoms with Gasteiger partial charge in [0.1, 0.15) is 17.9 Å². The molecule has 1 unspecified atom stereocenters. The largest absolute Gasteiger partial charge is 0.379 e. The van der Waals surface area contributed by atoms with Crippen LogP contribution in [0, 0.1) is 11.6 Å². The molecule has 0 saturated carbocycles. The second-order valence-electron chi connectivity index (χ2n) is 7.33.